The molecule has 0 aromatic rings. The van der Waals surface area contributed by atoms with Crippen molar-refractivity contribution in [3.8, 4) is 0 Å². The smallest absolute Gasteiger partial charge is 0.0383 e. The molecule has 20 unspecified atom stereocenters. The molecule has 0 aromatic carbocycles. The Morgan fingerprint density at radius 2 is 0.212 bits per heavy atom. The highest BCUT2D eigenvalue weighted by atomic mass is 14.4. The molecule has 20 bridgehead atoms. The fourth-order valence-corrected chi connectivity index (χ4v) is 23.0. The van der Waals surface area contributed by atoms with Gasteiger partial charge in [0.1, 0.15) is 0 Å². The minimum absolute atomic E-state index is 1.00. The molecule has 0 heteroatoms. The summed E-state index contributed by atoms with van der Waals surface area (Å²) in [5.41, 5.74) is 0. The zero-order chi connectivity index (χ0) is 54.0. The third-order valence-electron chi connectivity index (χ3n) is 29.5. The fraction of sp³-hybridized carbons (Fsp3) is 1.00. The Morgan fingerprint density at radius 3 is 0.388 bits per heavy atom. The van der Waals surface area contributed by atoms with Gasteiger partial charge in [-0.2, -0.15) is 0 Å². The third kappa shape index (κ3) is 20.3. The monoisotopic (exact) mass is 1100 g/mol. The van der Waals surface area contributed by atoms with E-state index in [4.69, 9.17) is 0 Å². The van der Waals surface area contributed by atoms with Crippen LogP contribution in [0.4, 0.5) is 0 Å². The molecule has 11 saturated carbocycles. The molecule has 0 aromatic heterocycles. The first-order chi connectivity index (χ1) is 39.5. The van der Waals surface area contributed by atoms with Gasteiger partial charge in [0.15, 0.2) is 0 Å². The Kier molecular flexibility index (Phi) is 25.7. The Balaban J connectivity index is 1.11. The first-order valence-corrected chi connectivity index (χ1v) is 39.5. The van der Waals surface area contributed by atoms with E-state index in [0.717, 1.165) is 118 Å². The van der Waals surface area contributed by atoms with Crippen molar-refractivity contribution in [2.24, 2.45) is 118 Å². The average Bonchev–Trinajstić information content (AvgIpc) is 3.49. The molecular weight excluding hydrogens is 961 g/mol. The molecule has 0 nitrogen and oxygen atoms in total. The molecule has 0 aliphatic heterocycles. The Bertz CT molecular complexity index is 1650. The van der Waals surface area contributed by atoms with Gasteiger partial charge in [-0.05, 0) is 144 Å². The zero-order valence-corrected chi connectivity index (χ0v) is 54.0. The van der Waals surface area contributed by atoms with Gasteiger partial charge < -0.3 is 0 Å². The maximum atomic E-state index is 1.66. The van der Waals surface area contributed by atoms with Crippen molar-refractivity contribution in [3.05, 3.63) is 0 Å². The topological polar surface area (TPSA) is 0 Å². The minimum Gasteiger partial charge on any atom is -0.0533 e. The normalized spacial score (nSPS) is 45.0. The van der Waals surface area contributed by atoms with Gasteiger partial charge in [-0.25, -0.2) is 0 Å². The molecule has 11 fully saturated rings. The van der Waals surface area contributed by atoms with Crippen LogP contribution in [-0.4, -0.2) is 0 Å². The van der Waals surface area contributed by atoms with E-state index < -0.39 is 0 Å². The predicted molar refractivity (Wildman–Crippen MR) is 347 cm³/mol. The van der Waals surface area contributed by atoms with Crippen molar-refractivity contribution in [3.63, 3.8) is 0 Å². The van der Waals surface area contributed by atoms with Crippen molar-refractivity contribution in [2.75, 3.05) is 0 Å². The quantitative estimate of drug-likeness (QED) is 0.227. The standard InChI is InChI=1S/C80H140/c1-2-4-61-6-10-63-14-17-68-24-25-69-23-22-66-20-21-67-27-30-71-19-16-64-12-8-62(5-3-1)9-13-75-45-40-65(11-7-61)32-36-73(37-33-68)50-52-78-53-51-74(38-34-69)39-35-72(31-28-67)42-47-76(46-41-64)55-58-79(57-54-75)80(60-78)59-56-77(49-44-71)48-43-70(18-15-63)29-26-66/h61-80H,1-60H2. The second kappa shape index (κ2) is 33.4. The number of rotatable bonds is 0. The van der Waals surface area contributed by atoms with E-state index in [1.165, 1.54) is 0 Å². The first-order valence-electron chi connectivity index (χ1n) is 39.5. The first kappa shape index (κ1) is 61.6. The molecule has 0 heterocycles. The Morgan fingerprint density at radius 1 is 0.0875 bits per heavy atom. The summed E-state index contributed by atoms with van der Waals surface area (Å²) in [5, 5.41) is 0. The van der Waals surface area contributed by atoms with E-state index in [1.807, 2.05) is 0 Å². The third-order valence-corrected chi connectivity index (χ3v) is 29.5. The van der Waals surface area contributed by atoms with Crippen molar-refractivity contribution in [2.45, 2.75) is 385 Å². The maximum absolute atomic E-state index is 1.66. The molecule has 20 atom stereocenters. The van der Waals surface area contributed by atoms with Crippen molar-refractivity contribution in [1.82, 2.24) is 0 Å². The highest BCUT2D eigenvalue weighted by Gasteiger charge is 2.35. The van der Waals surface area contributed by atoms with Crippen LogP contribution < -0.4 is 0 Å². The van der Waals surface area contributed by atoms with Crippen LogP contribution in [0, 0.1) is 118 Å². The summed E-state index contributed by atoms with van der Waals surface area (Å²) in [4.78, 5) is 0. The van der Waals surface area contributed by atoms with Gasteiger partial charge in [0.25, 0.3) is 0 Å². The minimum atomic E-state index is 1.00. The lowest BCUT2D eigenvalue weighted by atomic mass is 9.70. The van der Waals surface area contributed by atoms with Crippen LogP contribution in [0.3, 0.4) is 0 Å². The summed E-state index contributed by atoms with van der Waals surface area (Å²) in [6.45, 7) is 0. The van der Waals surface area contributed by atoms with E-state index in [2.05, 4.69) is 0 Å². The molecule has 0 N–H and O–H groups in total. The van der Waals surface area contributed by atoms with Crippen LogP contribution >= 0.6 is 0 Å². The van der Waals surface area contributed by atoms with Crippen molar-refractivity contribution in [1.29, 1.82) is 0 Å². The lowest BCUT2D eigenvalue weighted by molar-refractivity contribution is 0.163. The Hall–Kier alpha value is 0. The molecule has 11 rings (SSSR count). The molecule has 11 aliphatic rings. The van der Waals surface area contributed by atoms with Gasteiger partial charge in [0.2, 0.25) is 0 Å². The number of fused-ring (bicyclic) bond motifs is 25. The molecule has 11 aliphatic carbocycles. The lowest BCUT2D eigenvalue weighted by Gasteiger charge is -2.35. The van der Waals surface area contributed by atoms with E-state index in [9.17, 15) is 0 Å². The summed E-state index contributed by atoms with van der Waals surface area (Å²) in [6.07, 6.45) is 96.4. The fourth-order valence-electron chi connectivity index (χ4n) is 23.0. The van der Waals surface area contributed by atoms with Gasteiger partial charge in [-0.1, -0.05) is 360 Å². The van der Waals surface area contributed by atoms with Gasteiger partial charge in [-0.15, -0.1) is 0 Å². The van der Waals surface area contributed by atoms with Crippen LogP contribution in [0.2, 0.25) is 0 Å². The summed E-state index contributed by atoms with van der Waals surface area (Å²) in [6, 6.07) is 0. The Labute approximate surface area is 501 Å². The number of hydrogen-bond donors (Lipinski definition) is 0. The highest BCUT2D eigenvalue weighted by molar-refractivity contribution is 4.87. The van der Waals surface area contributed by atoms with Crippen molar-refractivity contribution < 1.29 is 0 Å². The van der Waals surface area contributed by atoms with Gasteiger partial charge >= 0.3 is 0 Å². The second-order valence-corrected chi connectivity index (χ2v) is 34.6. The van der Waals surface area contributed by atoms with E-state index in [0.29, 0.717) is 0 Å². The van der Waals surface area contributed by atoms with Gasteiger partial charge in [0, 0.05) is 0 Å². The second-order valence-electron chi connectivity index (χ2n) is 34.6. The van der Waals surface area contributed by atoms with Crippen LogP contribution in [0.15, 0.2) is 0 Å². The largest absolute Gasteiger partial charge is 0.0533 e. The summed E-state index contributed by atoms with van der Waals surface area (Å²) in [5.74, 6) is 20.2. The van der Waals surface area contributed by atoms with E-state index in [-0.39, 0.29) is 0 Å². The molecule has 460 valence electrons. The molecule has 0 radical (unpaired) electrons. The lowest BCUT2D eigenvalue weighted by Crippen LogP contribution is -2.23. The van der Waals surface area contributed by atoms with Crippen LogP contribution in [-0.2, 0) is 0 Å². The molecule has 0 saturated heterocycles. The van der Waals surface area contributed by atoms with Crippen LogP contribution in [0.5, 0.6) is 0 Å². The summed E-state index contributed by atoms with van der Waals surface area (Å²) < 4.78 is 0. The summed E-state index contributed by atoms with van der Waals surface area (Å²) in [7, 11) is 0. The van der Waals surface area contributed by atoms with Crippen LogP contribution in [0.25, 0.3) is 0 Å². The van der Waals surface area contributed by atoms with Gasteiger partial charge in [0.05, 0.1) is 0 Å². The predicted octanol–water partition coefficient (Wildman–Crippen LogP) is 25.9. The van der Waals surface area contributed by atoms with Crippen molar-refractivity contribution >= 4 is 0 Å². The maximum Gasteiger partial charge on any atom is -0.0383 e. The molecule has 80 heavy (non-hydrogen) atoms. The van der Waals surface area contributed by atoms with Gasteiger partial charge in [-0.3, -0.25) is 0 Å². The highest BCUT2D eigenvalue weighted by Crippen LogP contribution is 2.48. The summed E-state index contributed by atoms with van der Waals surface area (Å²) >= 11 is 0. The van der Waals surface area contributed by atoms with Crippen LogP contribution in [0.1, 0.15) is 385 Å². The molecular formula is C80H140. The molecule has 0 spiro atoms. The molecule has 0 amide bonds. The SMILES string of the molecule is C1CCC2CCC3CCC4CCC5CCC6CCC7CCC8CCC(CC5)CCC5CCC(CC4)CCC(CC2)CCC2CCC(CC1)CCC1CCC(CC7)CCC(CCC(CC3)CC6)CCC(C5)C(CC2)CCC(CC1)CC8. The van der Waals surface area contributed by atoms with E-state index >= 15 is 0 Å². The zero-order valence-electron chi connectivity index (χ0n) is 54.0. The average molecular weight is 1100 g/mol. The van der Waals surface area contributed by atoms with E-state index in [1.54, 1.807) is 385 Å². The number of hydrogen-bond acceptors (Lipinski definition) is 0.